The molecule has 0 spiro atoms. The number of nitrogens with two attached hydrogens (primary N) is 1. The van der Waals surface area contributed by atoms with Crippen molar-refractivity contribution < 1.29 is 4.74 Å². The van der Waals surface area contributed by atoms with Crippen LogP contribution in [-0.2, 0) is 11.2 Å². The zero-order chi connectivity index (χ0) is 13.2. The monoisotopic (exact) mass is 259 g/mol. The highest BCUT2D eigenvalue weighted by Gasteiger charge is 2.55. The van der Waals surface area contributed by atoms with Crippen LogP contribution in [0, 0.1) is 11.8 Å². The molecule has 3 rings (SSSR count). The van der Waals surface area contributed by atoms with Gasteiger partial charge in [-0.15, -0.1) is 0 Å². The van der Waals surface area contributed by atoms with Crippen molar-refractivity contribution in [3.8, 4) is 0 Å². The van der Waals surface area contributed by atoms with Gasteiger partial charge in [-0.3, -0.25) is 4.99 Å². The summed E-state index contributed by atoms with van der Waals surface area (Å²) >= 11 is 0. The van der Waals surface area contributed by atoms with Crippen LogP contribution in [0.2, 0.25) is 0 Å². The Balaban J connectivity index is 1.77. The van der Waals surface area contributed by atoms with E-state index < -0.39 is 0 Å². The van der Waals surface area contributed by atoms with E-state index in [1.54, 1.807) is 7.11 Å². The van der Waals surface area contributed by atoms with Crippen LogP contribution >= 0.6 is 0 Å². The first-order chi connectivity index (χ1) is 9.36. The smallest absolute Gasteiger partial charge is 0.114 e. The minimum absolute atomic E-state index is 0.477. The number of methoxy groups -OCH3 is 1. The highest BCUT2D eigenvalue weighted by atomic mass is 16.5. The Kier molecular flexibility index (Phi) is 3.53. The molecule has 0 heterocycles. The number of ether oxygens (including phenoxy) is 1. The fourth-order valence-corrected chi connectivity index (χ4v) is 3.44. The van der Waals surface area contributed by atoms with Crippen molar-refractivity contribution in [1.82, 2.24) is 5.43 Å². The van der Waals surface area contributed by atoms with Gasteiger partial charge in [0.1, 0.15) is 5.84 Å². The Labute approximate surface area is 114 Å². The summed E-state index contributed by atoms with van der Waals surface area (Å²) in [5, 5.41) is 0. The number of nitrogens with one attached hydrogen (secondary N) is 1. The summed E-state index contributed by atoms with van der Waals surface area (Å²) in [7, 11) is 1.69. The molecule has 3 unspecified atom stereocenters. The van der Waals surface area contributed by atoms with Crippen molar-refractivity contribution in [1.29, 1.82) is 0 Å². The molecule has 0 radical (unpaired) electrons. The SMILES string of the molecule is COCCN=C(NN)C1C2CCc3ccccc3C21. The molecular formula is C15H21N3O. The van der Waals surface area contributed by atoms with E-state index in [0.29, 0.717) is 30.9 Å². The number of fused-ring (bicyclic) bond motifs is 3. The Bertz CT molecular complexity index is 486. The highest BCUT2D eigenvalue weighted by Crippen LogP contribution is 2.59. The highest BCUT2D eigenvalue weighted by molar-refractivity contribution is 5.88. The quantitative estimate of drug-likeness (QED) is 0.283. The molecule has 3 N–H and O–H groups in total. The summed E-state index contributed by atoms with van der Waals surface area (Å²) in [5.74, 6) is 8.40. The molecule has 0 aliphatic heterocycles. The maximum atomic E-state index is 5.65. The Morgan fingerprint density at radius 1 is 1.47 bits per heavy atom. The third-order valence-corrected chi connectivity index (χ3v) is 4.37. The average molecular weight is 259 g/mol. The van der Waals surface area contributed by atoms with Crippen molar-refractivity contribution >= 4 is 5.84 Å². The van der Waals surface area contributed by atoms with Crippen LogP contribution in [-0.4, -0.2) is 26.1 Å². The molecule has 2 aliphatic carbocycles. The number of amidine groups is 1. The first-order valence-corrected chi connectivity index (χ1v) is 6.94. The van der Waals surface area contributed by atoms with Crippen molar-refractivity contribution in [2.75, 3.05) is 20.3 Å². The van der Waals surface area contributed by atoms with E-state index in [2.05, 4.69) is 34.7 Å². The number of hydrogen-bond donors (Lipinski definition) is 2. The molecule has 3 atom stereocenters. The van der Waals surface area contributed by atoms with Gasteiger partial charge in [-0.2, -0.15) is 0 Å². The maximum Gasteiger partial charge on any atom is 0.114 e. The molecule has 19 heavy (non-hydrogen) atoms. The van der Waals surface area contributed by atoms with Gasteiger partial charge in [-0.1, -0.05) is 24.3 Å². The Morgan fingerprint density at radius 3 is 3.11 bits per heavy atom. The van der Waals surface area contributed by atoms with E-state index in [0.717, 1.165) is 5.84 Å². The molecule has 1 aromatic rings. The lowest BCUT2D eigenvalue weighted by atomic mass is 9.92. The lowest BCUT2D eigenvalue weighted by Crippen LogP contribution is -2.33. The fourth-order valence-electron chi connectivity index (χ4n) is 3.44. The second-order valence-electron chi connectivity index (χ2n) is 5.36. The number of benzene rings is 1. The lowest BCUT2D eigenvalue weighted by Gasteiger charge is -2.13. The third-order valence-electron chi connectivity index (χ3n) is 4.37. The summed E-state index contributed by atoms with van der Waals surface area (Å²) in [6.45, 7) is 1.32. The standard InChI is InChI=1S/C15H21N3O/c1-19-9-8-17-15(18-16)14-12-7-6-10-4-2-3-5-11(10)13(12)14/h2-5,12-14H,6-9,16H2,1H3,(H,17,18). The molecule has 1 aromatic carbocycles. The molecule has 2 aliphatic rings. The third kappa shape index (κ3) is 2.26. The van der Waals surface area contributed by atoms with Gasteiger partial charge in [0.2, 0.25) is 0 Å². The molecule has 0 bridgehead atoms. The van der Waals surface area contributed by atoms with E-state index in [1.165, 1.54) is 24.0 Å². The molecule has 4 nitrogen and oxygen atoms in total. The second kappa shape index (κ2) is 5.31. The lowest BCUT2D eigenvalue weighted by molar-refractivity contribution is 0.208. The molecule has 0 aromatic heterocycles. The van der Waals surface area contributed by atoms with E-state index in [1.807, 2.05) is 0 Å². The molecule has 0 amide bonds. The van der Waals surface area contributed by atoms with Crippen molar-refractivity contribution in [3.63, 3.8) is 0 Å². The Morgan fingerprint density at radius 2 is 2.32 bits per heavy atom. The molecule has 102 valence electrons. The van der Waals surface area contributed by atoms with Gasteiger partial charge in [0, 0.05) is 13.0 Å². The molecule has 1 saturated carbocycles. The molecule has 1 fully saturated rings. The van der Waals surface area contributed by atoms with Crippen molar-refractivity contribution in [2.24, 2.45) is 22.7 Å². The topological polar surface area (TPSA) is 59.6 Å². The number of nitrogens with zero attached hydrogens (tertiary/aromatic N) is 1. The first kappa shape index (κ1) is 12.6. The van der Waals surface area contributed by atoms with Crippen molar-refractivity contribution in [2.45, 2.75) is 18.8 Å². The van der Waals surface area contributed by atoms with Crippen LogP contribution in [0.3, 0.4) is 0 Å². The maximum absolute atomic E-state index is 5.65. The zero-order valence-electron chi connectivity index (χ0n) is 11.3. The van der Waals surface area contributed by atoms with E-state index in [-0.39, 0.29) is 0 Å². The van der Waals surface area contributed by atoms with Crippen LogP contribution < -0.4 is 11.3 Å². The van der Waals surface area contributed by atoms with Crippen LogP contribution in [0.15, 0.2) is 29.3 Å². The minimum Gasteiger partial charge on any atom is -0.383 e. The van der Waals surface area contributed by atoms with Gasteiger partial charge in [-0.05, 0) is 35.8 Å². The van der Waals surface area contributed by atoms with Gasteiger partial charge < -0.3 is 10.2 Å². The molecule has 0 saturated heterocycles. The normalized spacial score (nSPS) is 28.5. The van der Waals surface area contributed by atoms with Crippen LogP contribution in [0.1, 0.15) is 23.5 Å². The molecule has 4 heteroatoms. The van der Waals surface area contributed by atoms with Gasteiger partial charge in [0.15, 0.2) is 0 Å². The van der Waals surface area contributed by atoms with Crippen molar-refractivity contribution in [3.05, 3.63) is 35.4 Å². The second-order valence-corrected chi connectivity index (χ2v) is 5.36. The summed E-state index contributed by atoms with van der Waals surface area (Å²) in [6, 6.07) is 8.77. The number of rotatable bonds is 4. The van der Waals surface area contributed by atoms with E-state index in [4.69, 9.17) is 10.6 Å². The fraction of sp³-hybridized carbons (Fsp3) is 0.533. The van der Waals surface area contributed by atoms with Gasteiger partial charge in [-0.25, -0.2) is 5.84 Å². The number of hydrazine groups is 1. The van der Waals surface area contributed by atoms with E-state index >= 15 is 0 Å². The largest absolute Gasteiger partial charge is 0.383 e. The minimum atomic E-state index is 0.477. The summed E-state index contributed by atoms with van der Waals surface area (Å²) in [5.41, 5.74) is 5.80. The van der Waals surface area contributed by atoms with Gasteiger partial charge in [0.05, 0.1) is 13.2 Å². The van der Waals surface area contributed by atoms with Gasteiger partial charge in [0.25, 0.3) is 0 Å². The van der Waals surface area contributed by atoms with Gasteiger partial charge >= 0.3 is 0 Å². The molecular weight excluding hydrogens is 238 g/mol. The predicted octanol–water partition coefficient (Wildman–Crippen LogP) is 1.47. The summed E-state index contributed by atoms with van der Waals surface area (Å²) in [6.07, 6.45) is 2.43. The Hall–Kier alpha value is -1.39. The number of aryl methyl sites for hydroxylation is 1. The predicted molar refractivity (Wildman–Crippen MR) is 76.0 cm³/mol. The average Bonchev–Trinajstić information content (AvgIpc) is 3.18. The zero-order valence-corrected chi connectivity index (χ0v) is 11.3. The van der Waals surface area contributed by atoms with Crippen LogP contribution in [0.5, 0.6) is 0 Å². The number of hydrogen-bond acceptors (Lipinski definition) is 3. The summed E-state index contributed by atoms with van der Waals surface area (Å²) in [4.78, 5) is 4.55. The van der Waals surface area contributed by atoms with Crippen LogP contribution in [0.4, 0.5) is 0 Å². The van der Waals surface area contributed by atoms with E-state index in [9.17, 15) is 0 Å². The van der Waals surface area contributed by atoms with Crippen LogP contribution in [0.25, 0.3) is 0 Å². The first-order valence-electron chi connectivity index (χ1n) is 6.94. The summed E-state index contributed by atoms with van der Waals surface area (Å²) < 4.78 is 5.04. The number of aliphatic imine (C=N–C) groups is 1.